The van der Waals surface area contributed by atoms with Crippen LogP contribution in [-0.4, -0.2) is 43.9 Å². The van der Waals surface area contributed by atoms with Gasteiger partial charge in [-0.05, 0) is 34.0 Å². The smallest absolute Gasteiger partial charge is 0.235 e. The number of nitrogens with zero attached hydrogens (tertiary/aromatic N) is 1. The summed E-state index contributed by atoms with van der Waals surface area (Å²) in [5.74, 6) is -1.16. The fourth-order valence-corrected chi connectivity index (χ4v) is 1.76. The standard InChI is InChI=1S/C16H24FN3O2/c1-16(2,14(21)18-9-10-20(3)4)15(22)19-11-12-7-5-6-8-13(12)17/h5-8H,9-11H2,1-4H3,(H,18,21)(H,19,22). The van der Waals surface area contributed by atoms with Crippen LogP contribution in [0.2, 0.25) is 0 Å². The van der Waals surface area contributed by atoms with Gasteiger partial charge in [-0.15, -0.1) is 0 Å². The van der Waals surface area contributed by atoms with Crippen molar-refractivity contribution in [3.63, 3.8) is 0 Å². The molecule has 0 spiro atoms. The first-order valence-corrected chi connectivity index (χ1v) is 7.20. The topological polar surface area (TPSA) is 61.4 Å². The molecule has 6 heteroatoms. The van der Waals surface area contributed by atoms with Crippen molar-refractivity contribution in [2.24, 2.45) is 5.41 Å². The third-order valence-corrected chi connectivity index (χ3v) is 3.38. The minimum atomic E-state index is -1.21. The molecule has 0 atom stereocenters. The quantitative estimate of drug-likeness (QED) is 0.743. The van der Waals surface area contributed by atoms with E-state index in [1.165, 1.54) is 6.07 Å². The van der Waals surface area contributed by atoms with Crippen molar-refractivity contribution in [3.8, 4) is 0 Å². The Morgan fingerprint density at radius 1 is 1.14 bits per heavy atom. The first-order valence-electron chi connectivity index (χ1n) is 7.20. The van der Waals surface area contributed by atoms with Gasteiger partial charge in [-0.25, -0.2) is 4.39 Å². The lowest BCUT2D eigenvalue weighted by atomic mass is 9.91. The number of nitrogens with one attached hydrogen (secondary N) is 2. The Bertz CT molecular complexity index is 530. The minimum Gasteiger partial charge on any atom is -0.354 e. The first kappa shape index (κ1) is 18.1. The molecule has 0 saturated heterocycles. The van der Waals surface area contributed by atoms with Crippen LogP contribution in [-0.2, 0) is 16.1 Å². The number of hydrogen-bond donors (Lipinski definition) is 2. The molecule has 5 nitrogen and oxygen atoms in total. The van der Waals surface area contributed by atoms with Crippen molar-refractivity contribution in [3.05, 3.63) is 35.6 Å². The number of halogens is 1. The molecule has 1 aromatic rings. The second kappa shape index (κ2) is 7.89. The second-order valence-electron chi connectivity index (χ2n) is 5.96. The van der Waals surface area contributed by atoms with E-state index in [4.69, 9.17) is 0 Å². The van der Waals surface area contributed by atoms with Gasteiger partial charge in [-0.3, -0.25) is 9.59 Å². The van der Waals surface area contributed by atoms with E-state index < -0.39 is 11.3 Å². The summed E-state index contributed by atoms with van der Waals surface area (Å²) in [5.41, 5.74) is -0.822. The van der Waals surface area contributed by atoms with Crippen LogP contribution in [0.25, 0.3) is 0 Å². The fraction of sp³-hybridized carbons (Fsp3) is 0.500. The number of rotatable bonds is 7. The van der Waals surface area contributed by atoms with Crippen molar-refractivity contribution in [1.29, 1.82) is 0 Å². The zero-order valence-electron chi connectivity index (χ0n) is 13.6. The molecule has 0 heterocycles. The van der Waals surface area contributed by atoms with Crippen LogP contribution in [0.4, 0.5) is 4.39 Å². The number of likely N-dealkylation sites (N-methyl/N-ethyl adjacent to an activating group) is 1. The summed E-state index contributed by atoms with van der Waals surface area (Å²) < 4.78 is 13.5. The summed E-state index contributed by atoms with van der Waals surface area (Å²) in [6, 6.07) is 6.22. The van der Waals surface area contributed by atoms with E-state index >= 15 is 0 Å². The normalized spacial score (nSPS) is 11.4. The molecule has 22 heavy (non-hydrogen) atoms. The lowest BCUT2D eigenvalue weighted by Gasteiger charge is -2.23. The van der Waals surface area contributed by atoms with Gasteiger partial charge in [0.1, 0.15) is 11.2 Å². The largest absolute Gasteiger partial charge is 0.354 e. The van der Waals surface area contributed by atoms with Gasteiger partial charge >= 0.3 is 0 Å². The zero-order valence-corrected chi connectivity index (χ0v) is 13.6. The lowest BCUT2D eigenvalue weighted by molar-refractivity contribution is -0.141. The van der Waals surface area contributed by atoms with E-state index in [9.17, 15) is 14.0 Å². The highest BCUT2D eigenvalue weighted by Crippen LogP contribution is 2.16. The summed E-state index contributed by atoms with van der Waals surface area (Å²) in [6.45, 7) is 4.32. The average Bonchev–Trinajstić information content (AvgIpc) is 2.45. The molecule has 0 fully saturated rings. The van der Waals surface area contributed by atoms with E-state index in [0.29, 0.717) is 18.7 Å². The Morgan fingerprint density at radius 3 is 2.32 bits per heavy atom. The Hall–Kier alpha value is -1.95. The molecule has 0 aliphatic rings. The molecular formula is C16H24FN3O2. The molecule has 0 aliphatic carbocycles. The summed E-state index contributed by atoms with van der Waals surface area (Å²) in [4.78, 5) is 26.2. The summed E-state index contributed by atoms with van der Waals surface area (Å²) in [5, 5.41) is 5.34. The van der Waals surface area contributed by atoms with Crippen LogP contribution in [0, 0.1) is 11.2 Å². The molecule has 0 unspecified atom stereocenters. The van der Waals surface area contributed by atoms with Crippen LogP contribution in [0.15, 0.2) is 24.3 Å². The van der Waals surface area contributed by atoms with Gasteiger partial charge in [0.25, 0.3) is 0 Å². The number of benzene rings is 1. The molecule has 0 aliphatic heterocycles. The van der Waals surface area contributed by atoms with E-state index in [0.717, 1.165) is 0 Å². The fourth-order valence-electron chi connectivity index (χ4n) is 1.76. The molecule has 122 valence electrons. The van der Waals surface area contributed by atoms with E-state index in [1.807, 2.05) is 19.0 Å². The maximum atomic E-state index is 13.5. The minimum absolute atomic E-state index is 0.0555. The van der Waals surface area contributed by atoms with E-state index in [-0.39, 0.29) is 18.3 Å². The molecule has 0 aromatic heterocycles. The Morgan fingerprint density at radius 2 is 1.73 bits per heavy atom. The van der Waals surface area contributed by atoms with Crippen molar-refractivity contribution in [2.75, 3.05) is 27.2 Å². The number of carbonyl (C=O) groups excluding carboxylic acids is 2. The highest BCUT2D eigenvalue weighted by atomic mass is 19.1. The van der Waals surface area contributed by atoms with E-state index in [1.54, 1.807) is 32.0 Å². The molecule has 0 saturated carbocycles. The van der Waals surface area contributed by atoms with Gasteiger partial charge in [0, 0.05) is 25.2 Å². The van der Waals surface area contributed by atoms with Gasteiger partial charge in [0.2, 0.25) is 11.8 Å². The highest BCUT2D eigenvalue weighted by Gasteiger charge is 2.35. The van der Waals surface area contributed by atoms with Crippen LogP contribution >= 0.6 is 0 Å². The molecule has 0 radical (unpaired) electrons. The molecule has 0 bridgehead atoms. The van der Waals surface area contributed by atoms with Crippen molar-refractivity contribution >= 4 is 11.8 Å². The summed E-state index contributed by atoms with van der Waals surface area (Å²) >= 11 is 0. The van der Waals surface area contributed by atoms with Gasteiger partial charge in [0.15, 0.2) is 0 Å². The van der Waals surface area contributed by atoms with Crippen molar-refractivity contribution < 1.29 is 14.0 Å². The van der Waals surface area contributed by atoms with Gasteiger partial charge < -0.3 is 15.5 Å². The monoisotopic (exact) mass is 309 g/mol. The maximum absolute atomic E-state index is 13.5. The summed E-state index contributed by atoms with van der Waals surface area (Å²) in [6.07, 6.45) is 0. The molecule has 2 N–H and O–H groups in total. The second-order valence-corrected chi connectivity index (χ2v) is 5.96. The van der Waals surface area contributed by atoms with Crippen LogP contribution in [0.1, 0.15) is 19.4 Å². The third kappa shape index (κ3) is 5.11. The maximum Gasteiger partial charge on any atom is 0.235 e. The third-order valence-electron chi connectivity index (χ3n) is 3.38. The average molecular weight is 309 g/mol. The predicted octanol–water partition coefficient (Wildman–Crippen LogP) is 1.15. The number of carbonyl (C=O) groups is 2. The van der Waals surface area contributed by atoms with Gasteiger partial charge in [-0.1, -0.05) is 18.2 Å². The molecular weight excluding hydrogens is 285 g/mol. The summed E-state index contributed by atoms with van der Waals surface area (Å²) in [7, 11) is 3.80. The first-order chi connectivity index (χ1) is 10.2. The molecule has 1 aromatic carbocycles. The van der Waals surface area contributed by atoms with Crippen LogP contribution in [0.3, 0.4) is 0 Å². The van der Waals surface area contributed by atoms with Crippen LogP contribution in [0.5, 0.6) is 0 Å². The Kier molecular flexibility index (Phi) is 6.49. The SMILES string of the molecule is CN(C)CCNC(=O)C(C)(C)C(=O)NCc1ccccc1F. The Balaban J connectivity index is 2.55. The number of amides is 2. The predicted molar refractivity (Wildman–Crippen MR) is 83.6 cm³/mol. The molecule has 1 rings (SSSR count). The number of hydrogen-bond acceptors (Lipinski definition) is 3. The zero-order chi connectivity index (χ0) is 16.8. The molecule has 2 amide bonds. The lowest BCUT2D eigenvalue weighted by Crippen LogP contribution is -2.48. The van der Waals surface area contributed by atoms with E-state index in [2.05, 4.69) is 10.6 Å². The van der Waals surface area contributed by atoms with Crippen LogP contribution < -0.4 is 10.6 Å². The Labute approximate surface area is 130 Å². The van der Waals surface area contributed by atoms with Gasteiger partial charge in [-0.2, -0.15) is 0 Å². The van der Waals surface area contributed by atoms with Gasteiger partial charge in [0.05, 0.1) is 0 Å². The van der Waals surface area contributed by atoms with Crippen molar-refractivity contribution in [2.45, 2.75) is 20.4 Å². The highest BCUT2D eigenvalue weighted by molar-refractivity contribution is 6.04. The van der Waals surface area contributed by atoms with Crippen molar-refractivity contribution in [1.82, 2.24) is 15.5 Å².